The van der Waals surface area contributed by atoms with E-state index in [-0.39, 0.29) is 18.8 Å². The number of nitrogens with one attached hydrogen (secondary N) is 2. The van der Waals surface area contributed by atoms with Crippen molar-refractivity contribution < 1.29 is 23.7 Å². The Balaban J connectivity index is 1.57. The van der Waals surface area contributed by atoms with Crippen LogP contribution in [-0.2, 0) is 10.0 Å². The summed E-state index contributed by atoms with van der Waals surface area (Å²) in [6.45, 7) is 2.21. The molecule has 4 rings (SSSR count). The molecule has 2 heterocycles. The van der Waals surface area contributed by atoms with E-state index in [2.05, 4.69) is 20.1 Å². The molecule has 0 saturated carbocycles. The number of anilines is 1. The molecule has 0 bridgehead atoms. The zero-order valence-corrected chi connectivity index (χ0v) is 19.3. The number of para-hydroxylation sites is 2. The average molecular weight is 487 g/mol. The number of hydrogen-bond acceptors (Lipinski definition) is 8. The molecule has 2 aromatic carbocycles. The number of nitrogens with zero attached hydrogens (tertiary/aromatic N) is 3. The van der Waals surface area contributed by atoms with Gasteiger partial charge in [0, 0.05) is 30.0 Å². The minimum absolute atomic E-state index is 0.00316. The van der Waals surface area contributed by atoms with Crippen molar-refractivity contribution in [1.82, 2.24) is 19.3 Å². The molecule has 0 spiro atoms. The summed E-state index contributed by atoms with van der Waals surface area (Å²) in [6, 6.07) is 12.3. The fraction of sp³-hybridized carbons (Fsp3) is 0.143. The number of aromatic nitrogens is 3. The van der Waals surface area contributed by atoms with Gasteiger partial charge in [0.2, 0.25) is 10.0 Å². The number of fused-ring (bicyclic) bond motifs is 1. The largest absolute Gasteiger partial charge is 0.507 e. The second kappa shape index (κ2) is 9.22. The standard InChI is InChI=1S/C21H22N5O5PS/c1-32-17-12-23-26-19(11-14(25-21(17)26)13-5-2-3-6-15(13)27)22-9-10-24-33(30,31)18-8-4-7-16(28)20(18)29/h2-8,11-12,22,24,27-29,32H,9-10H2,1H3. The van der Waals surface area contributed by atoms with Gasteiger partial charge in [0.05, 0.1) is 11.9 Å². The number of phenolic OH excluding ortho intramolecular Hbond substituents is 3. The quantitative estimate of drug-likeness (QED) is 0.144. The second-order valence-corrected chi connectivity index (χ2v) is 9.81. The number of phenols is 3. The van der Waals surface area contributed by atoms with Crippen LogP contribution in [0.15, 0.2) is 59.6 Å². The van der Waals surface area contributed by atoms with Crippen LogP contribution in [0, 0.1) is 0 Å². The lowest BCUT2D eigenvalue weighted by molar-refractivity contribution is 0.393. The van der Waals surface area contributed by atoms with Gasteiger partial charge in [-0.1, -0.05) is 26.8 Å². The highest BCUT2D eigenvalue weighted by Crippen LogP contribution is 2.32. The number of sulfonamides is 1. The maximum atomic E-state index is 12.5. The van der Waals surface area contributed by atoms with Crippen molar-refractivity contribution in [3.8, 4) is 28.5 Å². The van der Waals surface area contributed by atoms with Crippen LogP contribution >= 0.6 is 8.58 Å². The van der Waals surface area contributed by atoms with Crippen molar-refractivity contribution in [3.63, 3.8) is 0 Å². The van der Waals surface area contributed by atoms with E-state index in [4.69, 9.17) is 0 Å². The third kappa shape index (κ3) is 4.56. The van der Waals surface area contributed by atoms with Gasteiger partial charge in [-0.15, -0.1) is 0 Å². The van der Waals surface area contributed by atoms with Gasteiger partial charge in [-0.05, 0) is 30.9 Å². The summed E-state index contributed by atoms with van der Waals surface area (Å²) in [5.74, 6) is -0.551. The fourth-order valence-electron chi connectivity index (χ4n) is 3.27. The first-order valence-electron chi connectivity index (χ1n) is 9.91. The average Bonchev–Trinajstić information content (AvgIpc) is 3.22. The molecule has 172 valence electrons. The highest BCUT2D eigenvalue weighted by molar-refractivity contribution is 7.89. The lowest BCUT2D eigenvalue weighted by Gasteiger charge is -2.13. The Morgan fingerprint density at radius 1 is 1.03 bits per heavy atom. The third-order valence-corrected chi connectivity index (χ3v) is 7.30. The summed E-state index contributed by atoms with van der Waals surface area (Å²) < 4.78 is 29.0. The van der Waals surface area contributed by atoms with Crippen LogP contribution in [0.25, 0.3) is 16.9 Å². The van der Waals surface area contributed by atoms with Gasteiger partial charge < -0.3 is 20.6 Å². The first-order chi connectivity index (χ1) is 15.8. The van der Waals surface area contributed by atoms with Crippen LogP contribution in [0.4, 0.5) is 5.82 Å². The smallest absolute Gasteiger partial charge is 0.244 e. The predicted octanol–water partition coefficient (Wildman–Crippen LogP) is 1.84. The van der Waals surface area contributed by atoms with E-state index < -0.39 is 26.4 Å². The minimum atomic E-state index is -4.03. The molecular formula is C21H22N5O5PS. The van der Waals surface area contributed by atoms with E-state index in [1.807, 2.05) is 6.66 Å². The molecule has 12 heteroatoms. The summed E-state index contributed by atoms with van der Waals surface area (Å²) in [6.07, 6.45) is 1.73. The first-order valence-corrected chi connectivity index (χ1v) is 12.9. The van der Waals surface area contributed by atoms with E-state index in [1.165, 1.54) is 18.2 Å². The second-order valence-electron chi connectivity index (χ2n) is 7.04. The molecule has 2 aromatic heterocycles. The van der Waals surface area contributed by atoms with E-state index >= 15 is 0 Å². The summed E-state index contributed by atoms with van der Waals surface area (Å²) in [7, 11) is -3.57. The van der Waals surface area contributed by atoms with Crippen LogP contribution in [0.2, 0.25) is 0 Å². The Morgan fingerprint density at radius 3 is 2.55 bits per heavy atom. The third-order valence-electron chi connectivity index (χ3n) is 4.91. The van der Waals surface area contributed by atoms with Crippen LogP contribution in [0.3, 0.4) is 0 Å². The maximum Gasteiger partial charge on any atom is 0.244 e. The van der Waals surface area contributed by atoms with Crippen molar-refractivity contribution >= 4 is 35.4 Å². The predicted molar refractivity (Wildman–Crippen MR) is 127 cm³/mol. The van der Waals surface area contributed by atoms with E-state index in [9.17, 15) is 23.7 Å². The van der Waals surface area contributed by atoms with E-state index in [0.29, 0.717) is 31.3 Å². The van der Waals surface area contributed by atoms with Crippen molar-refractivity contribution in [2.45, 2.75) is 4.90 Å². The first kappa shape index (κ1) is 22.8. The summed E-state index contributed by atoms with van der Waals surface area (Å²) >= 11 is 0. The monoisotopic (exact) mass is 487 g/mol. The number of rotatable bonds is 8. The number of benzene rings is 2. The Hall–Kier alpha value is -3.40. The summed E-state index contributed by atoms with van der Waals surface area (Å²) in [5.41, 5.74) is 1.76. The minimum Gasteiger partial charge on any atom is -0.507 e. The highest BCUT2D eigenvalue weighted by Gasteiger charge is 2.20. The number of aromatic hydroxyl groups is 3. The molecule has 0 amide bonds. The van der Waals surface area contributed by atoms with Gasteiger partial charge >= 0.3 is 0 Å². The van der Waals surface area contributed by atoms with Crippen molar-refractivity contribution in [3.05, 3.63) is 54.7 Å². The van der Waals surface area contributed by atoms with Crippen molar-refractivity contribution in [1.29, 1.82) is 0 Å². The molecule has 33 heavy (non-hydrogen) atoms. The van der Waals surface area contributed by atoms with Gasteiger partial charge in [-0.2, -0.15) is 9.61 Å². The zero-order chi connectivity index (χ0) is 23.6. The van der Waals surface area contributed by atoms with Crippen molar-refractivity contribution in [2.75, 3.05) is 25.1 Å². The van der Waals surface area contributed by atoms with Gasteiger partial charge in [-0.25, -0.2) is 18.1 Å². The highest BCUT2D eigenvalue weighted by atomic mass is 32.2. The van der Waals surface area contributed by atoms with Gasteiger partial charge in [0.25, 0.3) is 0 Å². The molecular weight excluding hydrogens is 465 g/mol. The molecule has 0 fully saturated rings. The molecule has 0 radical (unpaired) electrons. The van der Waals surface area contributed by atoms with Crippen LogP contribution in [0.1, 0.15) is 0 Å². The van der Waals surface area contributed by atoms with E-state index in [1.54, 1.807) is 41.0 Å². The Bertz CT molecular complexity index is 1420. The van der Waals surface area contributed by atoms with Gasteiger partial charge in [-0.3, -0.25) is 0 Å². The van der Waals surface area contributed by atoms with Gasteiger partial charge in [0.15, 0.2) is 17.1 Å². The topological polar surface area (TPSA) is 149 Å². The van der Waals surface area contributed by atoms with E-state index in [0.717, 1.165) is 5.30 Å². The zero-order valence-electron chi connectivity index (χ0n) is 17.5. The van der Waals surface area contributed by atoms with Crippen LogP contribution in [-0.4, -0.2) is 58.1 Å². The molecule has 4 aromatic rings. The normalized spacial score (nSPS) is 12.0. The lowest BCUT2D eigenvalue weighted by Crippen LogP contribution is -2.29. The number of hydrogen-bond donors (Lipinski definition) is 5. The molecule has 1 unspecified atom stereocenters. The molecule has 1 atom stereocenters. The molecule has 0 aliphatic carbocycles. The fourth-order valence-corrected chi connectivity index (χ4v) is 4.99. The Morgan fingerprint density at radius 2 is 1.79 bits per heavy atom. The van der Waals surface area contributed by atoms with Gasteiger partial charge in [0.1, 0.15) is 16.5 Å². The molecule has 10 nitrogen and oxygen atoms in total. The Kier molecular flexibility index (Phi) is 6.37. The van der Waals surface area contributed by atoms with Crippen LogP contribution in [0.5, 0.6) is 17.2 Å². The molecule has 0 aliphatic rings. The van der Waals surface area contributed by atoms with Crippen LogP contribution < -0.4 is 15.3 Å². The SMILES string of the molecule is CPc1cnn2c(NCCNS(=O)(=O)c3cccc(O)c3O)cc(-c3ccccc3O)nc12. The Labute approximate surface area is 191 Å². The van der Waals surface area contributed by atoms with Crippen molar-refractivity contribution in [2.24, 2.45) is 0 Å². The molecule has 0 aliphatic heterocycles. The maximum absolute atomic E-state index is 12.5. The summed E-state index contributed by atoms with van der Waals surface area (Å²) in [4.78, 5) is 4.26. The molecule has 5 N–H and O–H groups in total. The lowest BCUT2D eigenvalue weighted by atomic mass is 10.1. The summed E-state index contributed by atoms with van der Waals surface area (Å²) in [5, 5.41) is 38.2. The molecule has 0 saturated heterocycles.